The van der Waals surface area contributed by atoms with E-state index in [2.05, 4.69) is 32.2 Å². The van der Waals surface area contributed by atoms with Crippen LogP contribution >= 0.6 is 0 Å². The number of hydrogen-bond donors (Lipinski definition) is 2. The Balaban J connectivity index is 1.72. The lowest BCUT2D eigenvalue weighted by molar-refractivity contribution is 0.0938. The number of aromatic amines is 1. The highest BCUT2D eigenvalue weighted by molar-refractivity contribution is 5.94. The molecule has 144 valence electrons. The van der Waals surface area contributed by atoms with Gasteiger partial charge in [0, 0.05) is 36.7 Å². The molecule has 0 aliphatic heterocycles. The first-order chi connectivity index (χ1) is 13.0. The van der Waals surface area contributed by atoms with Crippen molar-refractivity contribution in [1.82, 2.24) is 20.3 Å². The maximum atomic E-state index is 12.4. The molecule has 1 fully saturated rings. The summed E-state index contributed by atoms with van der Waals surface area (Å²) in [5.41, 5.74) is 1.37. The average Bonchev–Trinajstić information content (AvgIpc) is 2.68. The molecule has 7 nitrogen and oxygen atoms in total. The Labute approximate surface area is 159 Å². The SMILES string of the molecule is Cc1nc(N(C)C2CCCCC2)ncc1[C@@H](C)NC(=O)c1ccc[nH]c1=O. The number of aromatic nitrogens is 3. The number of pyridine rings is 1. The summed E-state index contributed by atoms with van der Waals surface area (Å²) in [4.78, 5) is 38.0. The molecule has 2 N–H and O–H groups in total. The predicted octanol–water partition coefficient (Wildman–Crippen LogP) is 2.73. The quantitative estimate of drug-likeness (QED) is 0.846. The largest absolute Gasteiger partial charge is 0.345 e. The maximum Gasteiger partial charge on any atom is 0.260 e. The Morgan fingerprint density at radius 1 is 1.33 bits per heavy atom. The zero-order valence-electron chi connectivity index (χ0n) is 16.2. The van der Waals surface area contributed by atoms with Crippen LogP contribution in [0, 0.1) is 6.92 Å². The topological polar surface area (TPSA) is 91.0 Å². The van der Waals surface area contributed by atoms with E-state index in [0.29, 0.717) is 6.04 Å². The molecule has 1 aliphatic carbocycles. The first-order valence-electron chi connectivity index (χ1n) is 9.52. The molecule has 1 atom stereocenters. The lowest BCUT2D eigenvalue weighted by Gasteiger charge is -2.31. The van der Waals surface area contributed by atoms with E-state index in [1.807, 2.05) is 13.8 Å². The van der Waals surface area contributed by atoms with Crippen molar-refractivity contribution >= 4 is 11.9 Å². The van der Waals surface area contributed by atoms with Crippen molar-refractivity contribution in [2.45, 2.75) is 58.0 Å². The summed E-state index contributed by atoms with van der Waals surface area (Å²) in [6, 6.07) is 3.33. The Morgan fingerprint density at radius 3 is 2.74 bits per heavy atom. The van der Waals surface area contributed by atoms with Crippen LogP contribution < -0.4 is 15.8 Å². The van der Waals surface area contributed by atoms with Gasteiger partial charge >= 0.3 is 0 Å². The molecule has 0 aromatic carbocycles. The van der Waals surface area contributed by atoms with Gasteiger partial charge in [-0.3, -0.25) is 9.59 Å². The number of H-pyrrole nitrogens is 1. The van der Waals surface area contributed by atoms with Gasteiger partial charge in [0.2, 0.25) is 5.95 Å². The zero-order chi connectivity index (χ0) is 19.4. The Kier molecular flexibility index (Phi) is 5.88. The van der Waals surface area contributed by atoms with Crippen LogP contribution in [0.25, 0.3) is 0 Å². The van der Waals surface area contributed by atoms with Crippen LogP contribution in [0.4, 0.5) is 5.95 Å². The number of carbonyl (C=O) groups is 1. The van der Waals surface area contributed by atoms with Crippen molar-refractivity contribution in [3.8, 4) is 0 Å². The molecule has 1 aliphatic rings. The first-order valence-corrected chi connectivity index (χ1v) is 9.52. The van der Waals surface area contributed by atoms with Crippen LogP contribution in [0.1, 0.15) is 66.7 Å². The Hall–Kier alpha value is -2.70. The summed E-state index contributed by atoms with van der Waals surface area (Å²) in [6.07, 6.45) is 9.46. The number of rotatable bonds is 5. The number of anilines is 1. The second-order valence-corrected chi connectivity index (χ2v) is 7.22. The molecular weight excluding hydrogens is 342 g/mol. The summed E-state index contributed by atoms with van der Waals surface area (Å²) in [5.74, 6) is 0.313. The third-order valence-corrected chi connectivity index (χ3v) is 5.32. The zero-order valence-corrected chi connectivity index (χ0v) is 16.2. The molecule has 0 radical (unpaired) electrons. The highest BCUT2D eigenvalue weighted by Gasteiger charge is 2.22. The van der Waals surface area contributed by atoms with E-state index < -0.39 is 11.5 Å². The van der Waals surface area contributed by atoms with Crippen LogP contribution in [0.5, 0.6) is 0 Å². The molecule has 2 heterocycles. The summed E-state index contributed by atoms with van der Waals surface area (Å²) in [6.45, 7) is 3.79. The molecule has 1 saturated carbocycles. The normalized spacial score (nSPS) is 16.0. The third kappa shape index (κ3) is 4.35. The van der Waals surface area contributed by atoms with Gasteiger partial charge in [0.15, 0.2) is 0 Å². The molecule has 2 aromatic rings. The molecule has 27 heavy (non-hydrogen) atoms. The minimum atomic E-state index is -0.410. The number of carbonyl (C=O) groups excluding carboxylic acids is 1. The van der Waals surface area contributed by atoms with E-state index in [-0.39, 0.29) is 11.6 Å². The molecule has 0 unspecified atom stereocenters. The molecule has 2 aromatic heterocycles. The summed E-state index contributed by atoms with van der Waals surface area (Å²) < 4.78 is 0. The molecule has 7 heteroatoms. The first kappa shape index (κ1) is 19.1. The summed E-state index contributed by atoms with van der Waals surface area (Å²) in [5, 5.41) is 2.85. The van der Waals surface area contributed by atoms with E-state index >= 15 is 0 Å². The smallest absolute Gasteiger partial charge is 0.260 e. The molecule has 0 spiro atoms. The standard InChI is InChI=1S/C20H27N5O2/c1-13(23-19(27)16-10-7-11-21-18(16)26)17-12-22-20(24-14(17)2)25(3)15-8-5-4-6-9-15/h7,10-13,15H,4-6,8-9H2,1-3H3,(H,21,26)(H,23,27)/t13-/m1/s1. The molecule has 0 saturated heterocycles. The number of amides is 1. The van der Waals surface area contributed by atoms with Gasteiger partial charge in [0.25, 0.3) is 11.5 Å². The van der Waals surface area contributed by atoms with Crippen LogP contribution in [-0.2, 0) is 0 Å². The minimum absolute atomic E-state index is 0.0940. The van der Waals surface area contributed by atoms with Crippen molar-refractivity contribution in [1.29, 1.82) is 0 Å². The van der Waals surface area contributed by atoms with E-state index in [1.54, 1.807) is 12.3 Å². The van der Waals surface area contributed by atoms with Crippen LogP contribution in [0.3, 0.4) is 0 Å². The van der Waals surface area contributed by atoms with Crippen molar-refractivity contribution < 1.29 is 4.79 Å². The van der Waals surface area contributed by atoms with Gasteiger partial charge in [-0.15, -0.1) is 0 Å². The number of nitrogens with zero attached hydrogens (tertiary/aromatic N) is 3. The van der Waals surface area contributed by atoms with E-state index in [1.165, 1.54) is 44.4 Å². The number of aryl methyl sites for hydroxylation is 1. The van der Waals surface area contributed by atoms with E-state index in [0.717, 1.165) is 17.2 Å². The summed E-state index contributed by atoms with van der Waals surface area (Å²) >= 11 is 0. The predicted molar refractivity (Wildman–Crippen MR) is 105 cm³/mol. The lowest BCUT2D eigenvalue weighted by Crippen LogP contribution is -2.35. The van der Waals surface area contributed by atoms with Crippen LogP contribution in [0.2, 0.25) is 0 Å². The molecule has 0 bridgehead atoms. The monoisotopic (exact) mass is 369 g/mol. The maximum absolute atomic E-state index is 12.4. The fourth-order valence-corrected chi connectivity index (χ4v) is 3.64. The number of hydrogen-bond acceptors (Lipinski definition) is 5. The van der Waals surface area contributed by atoms with Crippen molar-refractivity contribution in [3.05, 3.63) is 51.7 Å². The highest BCUT2D eigenvalue weighted by atomic mass is 16.2. The fourth-order valence-electron chi connectivity index (χ4n) is 3.64. The van der Waals surface area contributed by atoms with Crippen molar-refractivity contribution in [2.75, 3.05) is 11.9 Å². The van der Waals surface area contributed by atoms with Crippen LogP contribution in [-0.4, -0.2) is 33.9 Å². The molecule has 1 amide bonds. The highest BCUT2D eigenvalue weighted by Crippen LogP contribution is 2.25. The van der Waals surface area contributed by atoms with Gasteiger partial charge in [-0.2, -0.15) is 0 Å². The second-order valence-electron chi connectivity index (χ2n) is 7.22. The third-order valence-electron chi connectivity index (χ3n) is 5.32. The lowest BCUT2D eigenvalue weighted by atomic mass is 9.95. The van der Waals surface area contributed by atoms with Gasteiger partial charge in [-0.05, 0) is 38.8 Å². The van der Waals surface area contributed by atoms with Crippen LogP contribution in [0.15, 0.2) is 29.3 Å². The fraction of sp³-hybridized carbons (Fsp3) is 0.500. The van der Waals surface area contributed by atoms with Crippen molar-refractivity contribution in [3.63, 3.8) is 0 Å². The second kappa shape index (κ2) is 8.33. The van der Waals surface area contributed by atoms with Gasteiger partial charge in [-0.1, -0.05) is 19.3 Å². The van der Waals surface area contributed by atoms with Gasteiger partial charge in [-0.25, -0.2) is 9.97 Å². The van der Waals surface area contributed by atoms with Gasteiger partial charge in [0.1, 0.15) is 5.56 Å². The van der Waals surface area contributed by atoms with E-state index in [4.69, 9.17) is 0 Å². The molecule has 3 rings (SSSR count). The van der Waals surface area contributed by atoms with Gasteiger partial charge in [0.05, 0.1) is 6.04 Å². The Morgan fingerprint density at radius 2 is 2.07 bits per heavy atom. The average molecular weight is 369 g/mol. The summed E-state index contributed by atoms with van der Waals surface area (Å²) in [7, 11) is 2.05. The number of nitrogens with one attached hydrogen (secondary N) is 2. The van der Waals surface area contributed by atoms with Crippen molar-refractivity contribution in [2.24, 2.45) is 0 Å². The van der Waals surface area contributed by atoms with Gasteiger partial charge < -0.3 is 15.2 Å². The molecular formula is C20H27N5O2. The van der Waals surface area contributed by atoms with E-state index in [9.17, 15) is 9.59 Å². The Bertz CT molecular complexity index is 857. The minimum Gasteiger partial charge on any atom is -0.345 e.